The third-order valence-electron chi connectivity index (χ3n) is 3.74. The van der Waals surface area contributed by atoms with E-state index in [-0.39, 0.29) is 29.8 Å². The van der Waals surface area contributed by atoms with E-state index < -0.39 is 30.4 Å². The number of para-hydroxylation sites is 1. The molecule has 0 saturated heterocycles. The van der Waals surface area contributed by atoms with Gasteiger partial charge >= 0.3 is 17.9 Å². The maximum absolute atomic E-state index is 12.1. The lowest BCUT2D eigenvalue weighted by Gasteiger charge is -2.10. The van der Waals surface area contributed by atoms with E-state index in [1.807, 2.05) is 6.07 Å². The van der Waals surface area contributed by atoms with Crippen molar-refractivity contribution in [2.24, 2.45) is 0 Å². The topological polar surface area (TPSA) is 117 Å². The minimum absolute atomic E-state index is 0.0352. The quantitative estimate of drug-likeness (QED) is 0.489. The molecule has 0 fully saturated rings. The Bertz CT molecular complexity index is 876. The van der Waals surface area contributed by atoms with Crippen LogP contribution in [0, 0.1) is 0 Å². The Kier molecular flexibility index (Phi) is 8.37. The summed E-state index contributed by atoms with van der Waals surface area (Å²) < 4.78 is 19.5. The van der Waals surface area contributed by atoms with Crippen LogP contribution in [0.25, 0.3) is 0 Å². The van der Waals surface area contributed by atoms with Crippen molar-refractivity contribution < 1.29 is 38.1 Å². The van der Waals surface area contributed by atoms with E-state index in [9.17, 15) is 19.2 Å². The first-order valence-electron chi connectivity index (χ1n) is 8.88. The second kappa shape index (κ2) is 11.2. The van der Waals surface area contributed by atoms with Crippen molar-refractivity contribution in [2.75, 3.05) is 32.8 Å². The summed E-state index contributed by atoms with van der Waals surface area (Å²) in [7, 11) is 2.37. The van der Waals surface area contributed by atoms with Crippen LogP contribution in [0.4, 0.5) is 5.69 Å². The SMILES string of the molecule is COC(=O)c1cc(NC(=O)COC(=O)CCOc2ccccc2)cc(C(=O)OC)c1. The third-order valence-corrected chi connectivity index (χ3v) is 3.74. The van der Waals surface area contributed by atoms with Crippen LogP contribution in [0.1, 0.15) is 27.1 Å². The van der Waals surface area contributed by atoms with Crippen LogP contribution in [0.15, 0.2) is 48.5 Å². The van der Waals surface area contributed by atoms with Gasteiger partial charge in [-0.05, 0) is 30.3 Å². The molecule has 2 aromatic carbocycles. The minimum atomic E-state index is -0.693. The molecule has 9 heteroatoms. The number of carbonyl (C=O) groups is 4. The number of hydrogen-bond donors (Lipinski definition) is 1. The molecule has 30 heavy (non-hydrogen) atoms. The van der Waals surface area contributed by atoms with Gasteiger partial charge in [-0.25, -0.2) is 9.59 Å². The molecular weight excluding hydrogens is 394 g/mol. The standard InChI is InChI=1S/C21H21NO8/c1-27-20(25)14-10-15(21(26)28-2)12-16(11-14)22-18(23)13-30-19(24)8-9-29-17-6-4-3-5-7-17/h3-7,10-12H,8-9,13H2,1-2H3,(H,22,23). The Morgan fingerprint density at radius 2 is 1.47 bits per heavy atom. The first-order chi connectivity index (χ1) is 14.4. The fourth-order valence-electron chi connectivity index (χ4n) is 2.36. The molecule has 0 unspecified atom stereocenters. The summed E-state index contributed by atoms with van der Waals surface area (Å²) in [4.78, 5) is 47.3. The molecule has 2 rings (SSSR count). The smallest absolute Gasteiger partial charge is 0.337 e. The molecule has 0 spiro atoms. The van der Waals surface area contributed by atoms with Gasteiger partial charge < -0.3 is 24.3 Å². The molecule has 0 atom stereocenters. The first kappa shape index (κ1) is 22.4. The third kappa shape index (κ3) is 6.93. The van der Waals surface area contributed by atoms with Crippen molar-refractivity contribution >= 4 is 29.5 Å². The number of carbonyl (C=O) groups excluding carboxylic acids is 4. The summed E-state index contributed by atoms with van der Waals surface area (Å²) >= 11 is 0. The van der Waals surface area contributed by atoms with Crippen LogP contribution in [-0.4, -0.2) is 51.2 Å². The maximum atomic E-state index is 12.1. The summed E-state index contributed by atoms with van der Waals surface area (Å²) in [5.41, 5.74) is 0.239. The number of amides is 1. The van der Waals surface area contributed by atoms with E-state index in [2.05, 4.69) is 14.8 Å². The highest BCUT2D eigenvalue weighted by molar-refractivity contribution is 5.99. The lowest BCUT2D eigenvalue weighted by molar-refractivity contribution is -0.147. The van der Waals surface area contributed by atoms with Crippen LogP contribution >= 0.6 is 0 Å². The molecule has 158 valence electrons. The Morgan fingerprint density at radius 1 is 0.867 bits per heavy atom. The van der Waals surface area contributed by atoms with Crippen molar-refractivity contribution in [3.63, 3.8) is 0 Å². The van der Waals surface area contributed by atoms with Gasteiger partial charge in [-0.2, -0.15) is 0 Å². The average molecular weight is 415 g/mol. The largest absolute Gasteiger partial charge is 0.493 e. The second-order valence-electron chi connectivity index (χ2n) is 5.90. The van der Waals surface area contributed by atoms with Gasteiger partial charge in [0.05, 0.1) is 38.4 Å². The number of rotatable bonds is 9. The van der Waals surface area contributed by atoms with E-state index in [0.29, 0.717) is 5.75 Å². The average Bonchev–Trinajstić information content (AvgIpc) is 2.77. The number of ether oxygens (including phenoxy) is 4. The van der Waals surface area contributed by atoms with Crippen LogP contribution < -0.4 is 10.1 Å². The molecule has 9 nitrogen and oxygen atoms in total. The minimum Gasteiger partial charge on any atom is -0.493 e. The number of methoxy groups -OCH3 is 2. The van der Waals surface area contributed by atoms with Crippen molar-refractivity contribution in [1.29, 1.82) is 0 Å². The molecule has 1 N–H and O–H groups in total. The van der Waals surface area contributed by atoms with E-state index >= 15 is 0 Å². The second-order valence-corrected chi connectivity index (χ2v) is 5.90. The van der Waals surface area contributed by atoms with Gasteiger partial charge in [0, 0.05) is 5.69 Å². The highest BCUT2D eigenvalue weighted by Crippen LogP contribution is 2.17. The molecule has 0 aromatic heterocycles. The van der Waals surface area contributed by atoms with Crippen LogP contribution in [-0.2, 0) is 23.8 Å². The molecule has 0 aliphatic carbocycles. The van der Waals surface area contributed by atoms with Crippen molar-refractivity contribution in [3.05, 3.63) is 59.7 Å². The van der Waals surface area contributed by atoms with E-state index in [4.69, 9.17) is 9.47 Å². The molecule has 0 aliphatic heterocycles. The molecule has 0 radical (unpaired) electrons. The highest BCUT2D eigenvalue weighted by atomic mass is 16.5. The normalized spacial score (nSPS) is 9.93. The van der Waals surface area contributed by atoms with Gasteiger partial charge in [0.2, 0.25) is 0 Å². The van der Waals surface area contributed by atoms with Gasteiger partial charge in [0.25, 0.3) is 5.91 Å². The van der Waals surface area contributed by atoms with Crippen LogP contribution in [0.3, 0.4) is 0 Å². The molecule has 0 saturated carbocycles. The monoisotopic (exact) mass is 415 g/mol. The molecule has 0 bridgehead atoms. The Morgan fingerprint density at radius 3 is 2.03 bits per heavy atom. The van der Waals surface area contributed by atoms with Gasteiger partial charge in [-0.1, -0.05) is 18.2 Å². The van der Waals surface area contributed by atoms with Crippen molar-refractivity contribution in [2.45, 2.75) is 6.42 Å². The zero-order valence-corrected chi connectivity index (χ0v) is 16.5. The fraction of sp³-hybridized carbons (Fsp3) is 0.238. The number of esters is 3. The van der Waals surface area contributed by atoms with E-state index in [1.54, 1.807) is 24.3 Å². The van der Waals surface area contributed by atoms with Crippen LogP contribution in [0.2, 0.25) is 0 Å². The summed E-state index contributed by atoms with van der Waals surface area (Å²) in [6.07, 6.45) is -0.0352. The van der Waals surface area contributed by atoms with Gasteiger partial charge in [-0.15, -0.1) is 0 Å². The van der Waals surface area contributed by atoms with Gasteiger partial charge in [0.1, 0.15) is 5.75 Å². The summed E-state index contributed by atoms with van der Waals surface area (Å²) in [5.74, 6) is -2.03. The van der Waals surface area contributed by atoms with Gasteiger partial charge in [0.15, 0.2) is 6.61 Å². The highest BCUT2D eigenvalue weighted by Gasteiger charge is 2.15. The molecular formula is C21H21NO8. The van der Waals surface area contributed by atoms with E-state index in [0.717, 1.165) is 0 Å². The number of anilines is 1. The Hall–Kier alpha value is -3.88. The Balaban J connectivity index is 1.88. The molecule has 2 aromatic rings. The fourth-order valence-corrected chi connectivity index (χ4v) is 2.36. The van der Waals surface area contributed by atoms with Crippen LogP contribution in [0.5, 0.6) is 5.75 Å². The number of benzene rings is 2. The summed E-state index contributed by atoms with van der Waals surface area (Å²) in [6, 6.07) is 12.9. The molecule has 0 aliphatic rings. The molecule has 0 heterocycles. The number of hydrogen-bond acceptors (Lipinski definition) is 8. The van der Waals surface area contributed by atoms with Crippen molar-refractivity contribution in [3.8, 4) is 5.75 Å². The predicted octanol–water partition coefficient (Wildman–Crippen LogP) is 2.21. The van der Waals surface area contributed by atoms with Crippen molar-refractivity contribution in [1.82, 2.24) is 0 Å². The first-order valence-corrected chi connectivity index (χ1v) is 8.88. The zero-order chi connectivity index (χ0) is 21.9. The maximum Gasteiger partial charge on any atom is 0.337 e. The molecule has 1 amide bonds. The van der Waals surface area contributed by atoms with E-state index in [1.165, 1.54) is 32.4 Å². The lowest BCUT2D eigenvalue weighted by Crippen LogP contribution is -2.22. The zero-order valence-electron chi connectivity index (χ0n) is 16.5. The summed E-state index contributed by atoms with van der Waals surface area (Å²) in [5, 5.41) is 2.45. The predicted molar refractivity (Wildman–Crippen MR) is 105 cm³/mol. The number of nitrogens with one attached hydrogen (secondary N) is 1. The lowest BCUT2D eigenvalue weighted by atomic mass is 10.1. The Labute approximate surface area is 172 Å². The summed E-state index contributed by atoms with van der Waals surface area (Å²) in [6.45, 7) is -0.436. The van der Waals surface area contributed by atoms with Gasteiger partial charge in [-0.3, -0.25) is 9.59 Å².